The molecule has 2 aromatic rings. The minimum absolute atomic E-state index is 0.00764. The van der Waals surface area contributed by atoms with Gasteiger partial charge in [-0.1, -0.05) is 0 Å². The third-order valence-corrected chi connectivity index (χ3v) is 8.65. The molecule has 5 heterocycles. The van der Waals surface area contributed by atoms with Crippen molar-refractivity contribution < 1.29 is 41.4 Å². The molecule has 5 rings (SSSR count). The largest absolute Gasteiger partial charge is 0.444 e. The number of piperidine rings is 1. The van der Waals surface area contributed by atoms with Crippen molar-refractivity contribution in [1.29, 1.82) is 0 Å². The Kier molecular flexibility index (Phi) is 11.3. The van der Waals surface area contributed by atoms with Gasteiger partial charge in [-0.25, -0.2) is 9.59 Å². The molecule has 14 nitrogen and oxygen atoms in total. The Balaban J connectivity index is 1.42. The lowest BCUT2D eigenvalue weighted by atomic mass is 9.93. The second-order valence-electron chi connectivity index (χ2n) is 15.5. The number of carbonyl (C=O) groups excluding carboxylic acids is 3. The van der Waals surface area contributed by atoms with Gasteiger partial charge in [0.15, 0.2) is 5.76 Å². The van der Waals surface area contributed by atoms with Crippen molar-refractivity contribution >= 4 is 47.1 Å². The minimum Gasteiger partial charge on any atom is -0.444 e. The van der Waals surface area contributed by atoms with Crippen LogP contribution in [0.5, 0.6) is 0 Å². The third-order valence-electron chi connectivity index (χ3n) is 8.65. The molecule has 0 spiro atoms. The number of rotatable bonds is 7. The van der Waals surface area contributed by atoms with Gasteiger partial charge in [0, 0.05) is 58.6 Å². The maximum atomic E-state index is 14.2. The zero-order chi connectivity index (χ0) is 38.0. The highest BCUT2D eigenvalue weighted by atomic mass is 19.4. The molecule has 0 bridgehead atoms. The summed E-state index contributed by atoms with van der Waals surface area (Å²) in [7, 11) is 2.08. The number of nitrogens with zero attached hydrogens (tertiary/aromatic N) is 4. The van der Waals surface area contributed by atoms with Crippen molar-refractivity contribution in [2.45, 2.75) is 71.4 Å². The van der Waals surface area contributed by atoms with Crippen LogP contribution in [0.2, 0.25) is 0 Å². The average molecular weight is 735 g/mol. The third kappa shape index (κ3) is 10.3. The van der Waals surface area contributed by atoms with Crippen molar-refractivity contribution in [3.05, 3.63) is 35.4 Å². The number of alkyl halides is 3. The molecule has 2 fully saturated rings. The van der Waals surface area contributed by atoms with E-state index in [0.717, 1.165) is 31.8 Å². The van der Waals surface area contributed by atoms with Crippen LogP contribution in [0.3, 0.4) is 0 Å². The number of furan rings is 1. The first-order chi connectivity index (χ1) is 24.2. The zero-order valence-corrected chi connectivity index (χ0v) is 30.7. The Morgan fingerprint density at radius 3 is 2.31 bits per heavy atom. The van der Waals surface area contributed by atoms with Crippen LogP contribution in [-0.4, -0.2) is 116 Å². The molecule has 3 amide bonds. The lowest BCUT2D eigenvalue weighted by molar-refractivity contribution is -0.177. The van der Waals surface area contributed by atoms with Crippen molar-refractivity contribution in [2.75, 3.05) is 80.3 Å². The van der Waals surface area contributed by atoms with Gasteiger partial charge in [0.25, 0.3) is 5.91 Å². The van der Waals surface area contributed by atoms with E-state index in [-0.39, 0.29) is 35.8 Å². The summed E-state index contributed by atoms with van der Waals surface area (Å²) in [6.07, 6.45) is -1.98. The smallest absolute Gasteiger partial charge is 0.414 e. The number of amides is 3. The Hall–Kier alpha value is -4.51. The molecule has 3 aliphatic rings. The number of fused-ring (bicyclic) bond motifs is 1. The molecule has 52 heavy (non-hydrogen) atoms. The quantitative estimate of drug-likeness (QED) is 0.281. The van der Waals surface area contributed by atoms with E-state index in [1.165, 1.54) is 23.4 Å². The minimum atomic E-state index is -4.55. The van der Waals surface area contributed by atoms with Gasteiger partial charge in [-0.3, -0.25) is 20.0 Å². The molecular weight excluding hydrogens is 685 g/mol. The highest BCUT2D eigenvalue weighted by Crippen LogP contribution is 2.40. The van der Waals surface area contributed by atoms with E-state index in [1.807, 2.05) is 6.08 Å². The van der Waals surface area contributed by atoms with Gasteiger partial charge in [-0.2, -0.15) is 13.2 Å². The number of alkyl carbamates (subject to hydrolysis) is 1. The van der Waals surface area contributed by atoms with Crippen LogP contribution in [0, 0.1) is 5.92 Å². The first-order valence-corrected chi connectivity index (χ1v) is 17.3. The SMILES string of the molecule is CN1CCN(CC2=Cc3oc(NC(=O)OC(C)(C)C)c(C(=O)Nc4cnccc4N4C[C@@H](NC(=O)OC(C)(C)C)C[C@@H](C(F)(F)F)C4)c3NC2)CC1. The maximum Gasteiger partial charge on any atom is 0.414 e. The van der Waals surface area contributed by atoms with Crippen LogP contribution >= 0.6 is 0 Å². The highest BCUT2D eigenvalue weighted by Gasteiger charge is 2.45. The number of ether oxygens (including phenoxy) is 2. The summed E-state index contributed by atoms with van der Waals surface area (Å²) >= 11 is 0. The number of anilines is 4. The van der Waals surface area contributed by atoms with Gasteiger partial charge in [-0.15, -0.1) is 0 Å². The Morgan fingerprint density at radius 2 is 1.65 bits per heavy atom. The Morgan fingerprint density at radius 1 is 0.981 bits per heavy atom. The Bertz CT molecular complexity index is 1660. The summed E-state index contributed by atoms with van der Waals surface area (Å²) < 4.78 is 59.3. The van der Waals surface area contributed by atoms with E-state index in [4.69, 9.17) is 13.9 Å². The van der Waals surface area contributed by atoms with Gasteiger partial charge in [0.1, 0.15) is 16.8 Å². The number of carbonyl (C=O) groups is 3. The first kappa shape index (κ1) is 38.7. The standard InChI is InChI=1S/C35H49F3N8O6/c1-33(2,3)51-31(48)41-23-15-22(35(36,37)38)19-46(20-23)25-8-9-39-17-24(25)42-29(47)27-28-26(50-30(27)43-32(49)52-34(4,5)6)14-21(16-40-28)18-45-12-10-44(7)11-13-45/h8-9,14,17,22-23,40H,10-13,15-16,18-20H2,1-7H3,(H,41,48)(H,42,47)(H,43,49)/t22-,23+/m1/s1. The summed E-state index contributed by atoms with van der Waals surface area (Å²) in [4.78, 5) is 49.7. The van der Waals surface area contributed by atoms with E-state index >= 15 is 0 Å². The molecule has 2 saturated heterocycles. The normalized spacial score (nSPS) is 20.3. The predicted molar refractivity (Wildman–Crippen MR) is 191 cm³/mol. The molecule has 2 atom stereocenters. The maximum absolute atomic E-state index is 14.2. The number of likely N-dealkylation sites (N-methyl/N-ethyl adjacent to an activating group) is 1. The molecule has 0 aliphatic carbocycles. The van der Waals surface area contributed by atoms with E-state index in [1.54, 1.807) is 41.5 Å². The number of hydrogen-bond acceptors (Lipinski definition) is 11. The molecule has 286 valence electrons. The van der Waals surface area contributed by atoms with Crippen LogP contribution in [0.25, 0.3) is 6.08 Å². The Labute approximate surface area is 301 Å². The van der Waals surface area contributed by atoms with Gasteiger partial charge >= 0.3 is 18.4 Å². The molecule has 0 radical (unpaired) electrons. The van der Waals surface area contributed by atoms with Crippen molar-refractivity contribution in [3.8, 4) is 0 Å². The summed E-state index contributed by atoms with van der Waals surface area (Å²) in [5.74, 6) is -2.32. The molecule has 4 N–H and O–H groups in total. The van der Waals surface area contributed by atoms with Gasteiger partial charge in [0.05, 0.1) is 35.2 Å². The number of nitrogens with one attached hydrogen (secondary N) is 4. The summed E-state index contributed by atoms with van der Waals surface area (Å²) in [6, 6.07) is 0.586. The second kappa shape index (κ2) is 15.2. The van der Waals surface area contributed by atoms with Crippen molar-refractivity contribution in [2.24, 2.45) is 5.92 Å². The average Bonchev–Trinajstić information content (AvgIpc) is 3.36. The zero-order valence-electron chi connectivity index (χ0n) is 30.7. The van der Waals surface area contributed by atoms with E-state index in [2.05, 4.69) is 43.1 Å². The fourth-order valence-corrected chi connectivity index (χ4v) is 6.32. The number of aromatic nitrogens is 1. The number of halogens is 3. The predicted octanol–water partition coefficient (Wildman–Crippen LogP) is 5.61. The number of hydrogen-bond donors (Lipinski definition) is 4. The van der Waals surface area contributed by atoms with Gasteiger partial charge in [0.2, 0.25) is 5.88 Å². The van der Waals surface area contributed by atoms with Gasteiger partial charge < -0.3 is 39.6 Å². The summed E-state index contributed by atoms with van der Waals surface area (Å²) in [5.41, 5.74) is 0.0340. The lowest BCUT2D eigenvalue weighted by Gasteiger charge is -2.40. The number of pyridine rings is 1. The summed E-state index contributed by atoms with van der Waals surface area (Å²) in [5, 5.41) is 11.2. The molecule has 17 heteroatoms. The molecular formula is C35H49F3N8O6. The molecule has 0 saturated carbocycles. The topological polar surface area (TPSA) is 154 Å². The van der Waals surface area contributed by atoms with Crippen molar-refractivity contribution in [1.82, 2.24) is 20.1 Å². The number of piperazine rings is 1. The van der Waals surface area contributed by atoms with Crippen LogP contribution in [0.15, 0.2) is 28.5 Å². The molecule has 3 aliphatic heterocycles. The highest BCUT2D eigenvalue weighted by molar-refractivity contribution is 6.14. The lowest BCUT2D eigenvalue weighted by Crippen LogP contribution is -2.54. The molecule has 2 aromatic heterocycles. The fourth-order valence-electron chi connectivity index (χ4n) is 6.32. The summed E-state index contributed by atoms with van der Waals surface area (Å²) in [6.45, 7) is 14.5. The van der Waals surface area contributed by atoms with E-state index in [9.17, 15) is 27.6 Å². The van der Waals surface area contributed by atoms with Crippen LogP contribution < -0.4 is 26.2 Å². The fraction of sp³-hybridized carbons (Fsp3) is 0.600. The van der Waals surface area contributed by atoms with Crippen LogP contribution in [0.1, 0.15) is 64.1 Å². The van der Waals surface area contributed by atoms with E-state index in [0.29, 0.717) is 24.5 Å². The molecule has 0 unspecified atom stereocenters. The van der Waals surface area contributed by atoms with Crippen LogP contribution in [0.4, 0.5) is 45.7 Å². The van der Waals surface area contributed by atoms with E-state index < -0.39 is 54.0 Å². The second-order valence-corrected chi connectivity index (χ2v) is 15.5. The van der Waals surface area contributed by atoms with Crippen molar-refractivity contribution in [3.63, 3.8) is 0 Å². The molecule has 0 aromatic carbocycles. The van der Waals surface area contributed by atoms with Crippen LogP contribution in [-0.2, 0) is 9.47 Å². The first-order valence-electron chi connectivity index (χ1n) is 17.3. The van der Waals surface area contributed by atoms with Gasteiger partial charge in [-0.05, 0) is 72.7 Å². The monoisotopic (exact) mass is 734 g/mol.